The summed E-state index contributed by atoms with van der Waals surface area (Å²) >= 11 is 0. The van der Waals surface area contributed by atoms with E-state index in [0.717, 1.165) is 41.8 Å². The van der Waals surface area contributed by atoms with Gasteiger partial charge in [-0.3, -0.25) is 4.79 Å². The van der Waals surface area contributed by atoms with E-state index >= 15 is 0 Å². The highest BCUT2D eigenvalue weighted by Crippen LogP contribution is 2.38. The summed E-state index contributed by atoms with van der Waals surface area (Å²) in [5.74, 6) is 1.34. The summed E-state index contributed by atoms with van der Waals surface area (Å²) in [5.41, 5.74) is 12.4. The van der Waals surface area contributed by atoms with Crippen LogP contribution in [0, 0.1) is 0 Å². The topological polar surface area (TPSA) is 106 Å². The number of hydrogen-bond acceptors (Lipinski definition) is 8. The molecular formula is C33H41N3O5. The number of carbonyl (C=O) groups excluding carboxylic acids is 1. The van der Waals surface area contributed by atoms with Gasteiger partial charge in [0.2, 0.25) is 0 Å². The van der Waals surface area contributed by atoms with Crippen molar-refractivity contribution in [2.75, 3.05) is 31.2 Å². The van der Waals surface area contributed by atoms with Crippen LogP contribution in [0.3, 0.4) is 0 Å². The van der Waals surface area contributed by atoms with Crippen molar-refractivity contribution < 1.29 is 24.2 Å². The largest absolute Gasteiger partial charge is 0.494 e. The zero-order valence-corrected chi connectivity index (χ0v) is 23.7. The first-order chi connectivity index (χ1) is 20.1. The molecule has 0 amide bonds. The summed E-state index contributed by atoms with van der Waals surface area (Å²) in [6, 6.07) is 24.5. The van der Waals surface area contributed by atoms with Crippen LogP contribution in [0.25, 0.3) is 12.2 Å². The lowest BCUT2D eigenvalue weighted by Crippen LogP contribution is -2.55. The van der Waals surface area contributed by atoms with Gasteiger partial charge in [-0.2, -0.15) is 5.48 Å². The second-order valence-corrected chi connectivity index (χ2v) is 10.1. The summed E-state index contributed by atoms with van der Waals surface area (Å²) in [5, 5.41) is 9.44. The lowest BCUT2D eigenvalue weighted by molar-refractivity contribution is -0.143. The van der Waals surface area contributed by atoms with Crippen LogP contribution in [0.2, 0.25) is 0 Å². The average molecular weight is 560 g/mol. The van der Waals surface area contributed by atoms with Gasteiger partial charge in [-0.1, -0.05) is 66.7 Å². The van der Waals surface area contributed by atoms with Gasteiger partial charge in [0.1, 0.15) is 23.8 Å². The van der Waals surface area contributed by atoms with E-state index in [2.05, 4.69) is 34.6 Å². The number of hydroxylamine groups is 1. The van der Waals surface area contributed by atoms with E-state index in [-0.39, 0.29) is 5.97 Å². The Bertz CT molecular complexity index is 1250. The second-order valence-electron chi connectivity index (χ2n) is 10.1. The summed E-state index contributed by atoms with van der Waals surface area (Å²) in [7, 11) is 0. The number of aryl methyl sites for hydroxylation is 1. The molecule has 0 saturated heterocycles. The van der Waals surface area contributed by atoms with Crippen LogP contribution in [0.4, 0.5) is 5.69 Å². The van der Waals surface area contributed by atoms with Gasteiger partial charge in [0.25, 0.3) is 0 Å². The molecule has 0 radical (unpaired) electrons. The summed E-state index contributed by atoms with van der Waals surface area (Å²) in [6.45, 7) is 3.98. The molecule has 0 aliphatic carbocycles. The Balaban J connectivity index is 1.36. The van der Waals surface area contributed by atoms with E-state index < -0.39 is 12.3 Å². The minimum Gasteiger partial charge on any atom is -0.494 e. The van der Waals surface area contributed by atoms with Crippen molar-refractivity contribution in [3.63, 3.8) is 0 Å². The normalized spacial score (nSPS) is 15.3. The first-order valence-electron chi connectivity index (χ1n) is 14.4. The number of nitrogens with zero attached hydrogens (tertiary/aromatic N) is 1. The molecule has 8 nitrogen and oxygen atoms in total. The van der Waals surface area contributed by atoms with Crippen molar-refractivity contribution in [1.29, 1.82) is 0 Å². The van der Waals surface area contributed by atoms with Gasteiger partial charge in [0.05, 0.1) is 25.4 Å². The Morgan fingerprint density at radius 3 is 2.63 bits per heavy atom. The molecule has 1 aliphatic heterocycles. The van der Waals surface area contributed by atoms with Crippen molar-refractivity contribution in [2.24, 2.45) is 5.73 Å². The van der Waals surface area contributed by atoms with Crippen LogP contribution in [0.15, 0.2) is 72.8 Å². The maximum absolute atomic E-state index is 11.8. The minimum atomic E-state index is -0.765. The number of unbranched alkanes of at least 4 members (excludes halogenated alkanes) is 1. The molecule has 0 bridgehead atoms. The first kappa shape index (κ1) is 30.1. The van der Waals surface area contributed by atoms with Crippen molar-refractivity contribution in [1.82, 2.24) is 5.48 Å². The Kier molecular flexibility index (Phi) is 11.6. The maximum atomic E-state index is 11.8. The van der Waals surface area contributed by atoms with Crippen LogP contribution >= 0.6 is 0 Å². The third kappa shape index (κ3) is 9.08. The number of rotatable bonds is 15. The average Bonchev–Trinajstić information content (AvgIpc) is 3.00. The molecule has 0 aromatic heterocycles. The van der Waals surface area contributed by atoms with Gasteiger partial charge >= 0.3 is 5.97 Å². The van der Waals surface area contributed by atoms with Crippen LogP contribution in [0.5, 0.6) is 11.5 Å². The molecule has 218 valence electrons. The summed E-state index contributed by atoms with van der Waals surface area (Å²) in [4.78, 5) is 14.0. The number of ether oxygens (including phenoxy) is 3. The van der Waals surface area contributed by atoms with Crippen LogP contribution in [-0.4, -0.2) is 49.7 Å². The van der Waals surface area contributed by atoms with Gasteiger partial charge in [-0.25, -0.2) is 0 Å². The lowest BCUT2D eigenvalue weighted by Gasteiger charge is -2.38. The zero-order valence-electron chi connectivity index (χ0n) is 23.7. The molecule has 8 heteroatoms. The van der Waals surface area contributed by atoms with E-state index in [9.17, 15) is 10.0 Å². The molecule has 41 heavy (non-hydrogen) atoms. The molecule has 2 unspecified atom stereocenters. The smallest absolute Gasteiger partial charge is 0.305 e. The van der Waals surface area contributed by atoms with Gasteiger partial charge in [0, 0.05) is 18.5 Å². The predicted octanol–water partition coefficient (Wildman–Crippen LogP) is 5.43. The number of benzene rings is 3. The number of anilines is 1. The summed E-state index contributed by atoms with van der Waals surface area (Å²) in [6.07, 6.45) is 6.93. The van der Waals surface area contributed by atoms with Gasteiger partial charge in [-0.15, -0.1) is 0 Å². The van der Waals surface area contributed by atoms with E-state index in [1.54, 1.807) is 6.92 Å². The molecule has 3 aromatic rings. The Hall–Kier alpha value is -3.85. The molecule has 4 N–H and O–H groups in total. The summed E-state index contributed by atoms with van der Waals surface area (Å²) < 4.78 is 17.3. The fourth-order valence-corrected chi connectivity index (χ4v) is 4.81. The van der Waals surface area contributed by atoms with Crippen LogP contribution < -0.4 is 25.6 Å². The number of esters is 1. The predicted molar refractivity (Wildman–Crippen MR) is 162 cm³/mol. The highest BCUT2D eigenvalue weighted by Gasteiger charge is 2.31. The van der Waals surface area contributed by atoms with Gasteiger partial charge < -0.3 is 30.1 Å². The van der Waals surface area contributed by atoms with Crippen molar-refractivity contribution in [2.45, 2.75) is 51.3 Å². The molecule has 2 atom stereocenters. The molecule has 1 aliphatic rings. The zero-order chi connectivity index (χ0) is 28.9. The van der Waals surface area contributed by atoms with Crippen LogP contribution in [0.1, 0.15) is 49.3 Å². The first-order valence-corrected chi connectivity index (χ1v) is 14.4. The molecule has 1 heterocycles. The molecule has 3 aromatic carbocycles. The fraction of sp³-hybridized carbons (Fsp3) is 0.364. The van der Waals surface area contributed by atoms with Crippen molar-refractivity contribution in [3.8, 4) is 11.5 Å². The molecular weight excluding hydrogens is 518 g/mol. The monoisotopic (exact) mass is 559 g/mol. The van der Waals surface area contributed by atoms with E-state index in [1.807, 2.05) is 60.7 Å². The lowest BCUT2D eigenvalue weighted by atomic mass is 10.1. The fourth-order valence-electron chi connectivity index (χ4n) is 4.81. The highest BCUT2D eigenvalue weighted by molar-refractivity contribution is 5.78. The number of para-hydroxylation sites is 1. The van der Waals surface area contributed by atoms with Crippen molar-refractivity contribution >= 4 is 23.8 Å². The Labute approximate surface area is 242 Å². The van der Waals surface area contributed by atoms with E-state index in [1.165, 1.54) is 5.56 Å². The third-order valence-corrected chi connectivity index (χ3v) is 7.01. The third-order valence-electron chi connectivity index (χ3n) is 7.01. The van der Waals surface area contributed by atoms with Crippen molar-refractivity contribution in [3.05, 3.63) is 89.5 Å². The second kappa shape index (κ2) is 15.8. The highest BCUT2D eigenvalue weighted by atomic mass is 16.5. The van der Waals surface area contributed by atoms with E-state index in [0.29, 0.717) is 44.9 Å². The van der Waals surface area contributed by atoms with E-state index in [4.69, 9.17) is 19.9 Å². The molecule has 4 rings (SSSR count). The number of nitrogens with one attached hydrogen (secondary N) is 1. The number of nitrogens with two attached hydrogens (primary N) is 1. The Morgan fingerprint density at radius 2 is 1.88 bits per heavy atom. The minimum absolute atomic E-state index is 0.206. The maximum Gasteiger partial charge on any atom is 0.305 e. The molecule has 0 spiro atoms. The number of hydrogen-bond donors (Lipinski definition) is 3. The standard InChI is InChI=1S/C33H41N3O5/c1-2-39-31(37)15-9-22-36-24-30(33(34)35-38)41-32-27(13-8-14-29(32)36)19-16-26-17-20-28(21-18-26)40-23-7-6-12-25-10-4-3-5-11-25/h3-5,8,10-11,13-14,16-21,30,33,35,38H,2,6-7,9,12,15,22-24,34H2,1H3/b19-16-. The molecule has 0 fully saturated rings. The van der Waals surface area contributed by atoms with Crippen LogP contribution in [-0.2, 0) is 16.0 Å². The Morgan fingerprint density at radius 1 is 1.07 bits per heavy atom. The number of fused-ring (bicyclic) bond motifs is 1. The number of carbonyl (C=O) groups is 1. The molecule has 0 saturated carbocycles. The van der Waals surface area contributed by atoms with Gasteiger partial charge in [-0.05, 0) is 61.9 Å². The SMILES string of the molecule is CCOC(=O)CCCN1CC(C(N)NO)Oc2c(/C=C\c3ccc(OCCCCc4ccccc4)cc3)cccc21. The quantitative estimate of drug-likeness (QED) is 0.0744. The van der Waals surface area contributed by atoms with Gasteiger partial charge in [0.15, 0.2) is 0 Å².